The molecule has 1 amide bonds. The van der Waals surface area contributed by atoms with Gasteiger partial charge in [-0.05, 0) is 42.3 Å². The molecule has 1 unspecified atom stereocenters. The van der Waals surface area contributed by atoms with Crippen LogP contribution >= 0.6 is 11.6 Å². The fraction of sp³-hybridized carbons (Fsp3) is 0.150. The molecule has 0 fully saturated rings. The average molecular weight is 379 g/mol. The number of rotatable bonds is 3. The molecule has 0 spiro atoms. The van der Waals surface area contributed by atoms with Gasteiger partial charge in [-0.2, -0.15) is 10.4 Å². The number of carbonyl (C=O) groups excluding carboxylic acids is 1. The van der Waals surface area contributed by atoms with Gasteiger partial charge in [0, 0.05) is 17.2 Å². The molecule has 2 heterocycles. The second-order valence-corrected chi connectivity index (χ2v) is 6.84. The lowest BCUT2D eigenvalue weighted by atomic mass is 9.93. The van der Waals surface area contributed by atoms with Crippen LogP contribution in [0.4, 0.5) is 5.69 Å². The number of nitriles is 1. The number of anilines is 1. The molecular formula is C20H15ClN4O2. The number of halogens is 1. The van der Waals surface area contributed by atoms with Crippen molar-refractivity contribution in [2.75, 3.05) is 5.32 Å². The van der Waals surface area contributed by atoms with Crippen molar-refractivity contribution in [3.05, 3.63) is 58.7 Å². The molecule has 134 valence electrons. The van der Waals surface area contributed by atoms with Crippen LogP contribution in [-0.4, -0.2) is 16.1 Å². The highest BCUT2D eigenvalue weighted by Gasteiger charge is 2.23. The topological polar surface area (TPSA) is 90.8 Å². The number of hydrogen-bond donors (Lipinski definition) is 2. The highest BCUT2D eigenvalue weighted by Crippen LogP contribution is 2.37. The van der Waals surface area contributed by atoms with Gasteiger partial charge in [-0.1, -0.05) is 24.6 Å². The predicted octanol–water partition coefficient (Wildman–Crippen LogP) is 4.52. The quantitative estimate of drug-likeness (QED) is 0.700. The Bertz CT molecular complexity index is 1080. The average Bonchev–Trinajstić information content (AvgIpc) is 3.12. The van der Waals surface area contributed by atoms with Crippen molar-refractivity contribution >= 4 is 23.2 Å². The first-order valence-electron chi connectivity index (χ1n) is 8.40. The summed E-state index contributed by atoms with van der Waals surface area (Å²) in [6, 6.07) is 12.7. The number of nitrogens with one attached hydrogen (secondary N) is 2. The van der Waals surface area contributed by atoms with Gasteiger partial charge in [0.05, 0.1) is 22.9 Å². The number of H-pyrrole nitrogens is 1. The Labute approximate surface area is 160 Å². The number of fused-ring (bicyclic) bond motifs is 1. The van der Waals surface area contributed by atoms with Crippen LogP contribution in [-0.2, 0) is 11.2 Å². The van der Waals surface area contributed by atoms with Crippen molar-refractivity contribution in [3.8, 4) is 28.8 Å². The maximum absolute atomic E-state index is 11.8. The molecule has 27 heavy (non-hydrogen) atoms. The predicted molar refractivity (Wildman–Crippen MR) is 102 cm³/mol. The van der Waals surface area contributed by atoms with Gasteiger partial charge in [0.15, 0.2) is 5.75 Å². The fourth-order valence-electron chi connectivity index (χ4n) is 3.05. The summed E-state index contributed by atoms with van der Waals surface area (Å²) in [4.78, 5) is 11.8. The Balaban J connectivity index is 1.66. The molecule has 4 rings (SSSR count). The van der Waals surface area contributed by atoms with E-state index in [9.17, 15) is 4.79 Å². The third-order valence-electron chi connectivity index (χ3n) is 4.51. The lowest BCUT2D eigenvalue weighted by Gasteiger charge is -2.22. The van der Waals surface area contributed by atoms with Gasteiger partial charge in [-0.15, -0.1) is 0 Å². The minimum Gasteiger partial charge on any atom is -0.452 e. The van der Waals surface area contributed by atoms with Crippen molar-refractivity contribution < 1.29 is 9.53 Å². The van der Waals surface area contributed by atoms with Crippen molar-refractivity contribution in [2.45, 2.75) is 13.3 Å². The summed E-state index contributed by atoms with van der Waals surface area (Å²) in [5.41, 5.74) is 3.97. The molecule has 0 saturated heterocycles. The number of ether oxygens (including phenoxy) is 1. The number of nitrogens with zero attached hydrogens (tertiary/aromatic N) is 2. The maximum Gasteiger partial charge on any atom is 0.227 e. The summed E-state index contributed by atoms with van der Waals surface area (Å²) < 4.78 is 5.91. The van der Waals surface area contributed by atoms with Gasteiger partial charge in [-0.25, -0.2) is 0 Å². The van der Waals surface area contributed by atoms with Crippen LogP contribution in [0.2, 0.25) is 5.02 Å². The third-order valence-corrected chi connectivity index (χ3v) is 4.81. The molecule has 3 aromatic rings. The van der Waals surface area contributed by atoms with E-state index < -0.39 is 0 Å². The monoisotopic (exact) mass is 378 g/mol. The Morgan fingerprint density at radius 3 is 2.89 bits per heavy atom. The zero-order chi connectivity index (χ0) is 19.0. The number of hydrogen-bond acceptors (Lipinski definition) is 4. The van der Waals surface area contributed by atoms with Crippen LogP contribution in [0.3, 0.4) is 0 Å². The summed E-state index contributed by atoms with van der Waals surface area (Å²) in [5.74, 6) is 0.936. The second-order valence-electron chi connectivity index (χ2n) is 6.43. The van der Waals surface area contributed by atoms with Gasteiger partial charge in [0.1, 0.15) is 11.4 Å². The van der Waals surface area contributed by atoms with Crippen molar-refractivity contribution in [1.82, 2.24) is 10.2 Å². The van der Waals surface area contributed by atoms with Crippen LogP contribution in [0, 0.1) is 17.2 Å². The van der Waals surface area contributed by atoms with Crippen LogP contribution in [0.1, 0.15) is 18.1 Å². The van der Waals surface area contributed by atoms with E-state index in [2.05, 4.69) is 15.5 Å². The van der Waals surface area contributed by atoms with Crippen molar-refractivity contribution in [1.29, 1.82) is 5.26 Å². The van der Waals surface area contributed by atoms with Crippen LogP contribution in [0.5, 0.6) is 11.5 Å². The van der Waals surface area contributed by atoms with E-state index in [0.717, 1.165) is 16.8 Å². The van der Waals surface area contributed by atoms with E-state index in [1.807, 2.05) is 31.2 Å². The van der Waals surface area contributed by atoms with E-state index >= 15 is 0 Å². The maximum atomic E-state index is 11.8. The van der Waals surface area contributed by atoms with E-state index in [1.165, 1.54) is 0 Å². The first-order valence-corrected chi connectivity index (χ1v) is 8.78. The minimum atomic E-state index is -0.0670. The summed E-state index contributed by atoms with van der Waals surface area (Å²) in [6.45, 7) is 1.91. The molecule has 7 heteroatoms. The van der Waals surface area contributed by atoms with Gasteiger partial charge in [0.25, 0.3) is 0 Å². The molecule has 1 aliphatic rings. The van der Waals surface area contributed by atoms with Gasteiger partial charge < -0.3 is 10.1 Å². The SMILES string of the molecule is CC1Cc2cc(-c3[nH]ncc3Oc3ccc(C#N)cc3Cl)ccc2NC1=O. The number of aromatic amines is 1. The minimum absolute atomic E-state index is 0.0382. The molecule has 2 N–H and O–H groups in total. The second kappa shape index (κ2) is 6.78. The molecular weight excluding hydrogens is 364 g/mol. The molecule has 0 radical (unpaired) electrons. The Morgan fingerprint density at radius 2 is 2.11 bits per heavy atom. The van der Waals surface area contributed by atoms with E-state index in [4.69, 9.17) is 21.6 Å². The van der Waals surface area contributed by atoms with Crippen LogP contribution in [0.15, 0.2) is 42.6 Å². The van der Waals surface area contributed by atoms with E-state index in [1.54, 1.807) is 24.4 Å². The largest absolute Gasteiger partial charge is 0.452 e. The zero-order valence-electron chi connectivity index (χ0n) is 14.4. The molecule has 0 aliphatic carbocycles. The van der Waals surface area contributed by atoms with Crippen molar-refractivity contribution in [2.24, 2.45) is 5.92 Å². The van der Waals surface area contributed by atoms with Crippen LogP contribution < -0.4 is 10.1 Å². The Kier molecular flexibility index (Phi) is 4.30. The Hall–Kier alpha value is -3.30. The number of carbonyl (C=O) groups is 1. The van der Waals surface area contributed by atoms with E-state index in [-0.39, 0.29) is 11.8 Å². The Morgan fingerprint density at radius 1 is 1.26 bits per heavy atom. The zero-order valence-corrected chi connectivity index (χ0v) is 15.2. The summed E-state index contributed by atoms with van der Waals surface area (Å²) in [7, 11) is 0. The standard InChI is InChI=1S/C20H15ClN4O2/c1-11-6-14-8-13(3-4-16(14)24-20(11)26)19-18(10-23-25-19)27-17-5-2-12(9-22)7-15(17)21/h2-5,7-8,10-11H,6H2,1H3,(H,23,25)(H,24,26). The van der Waals surface area contributed by atoms with E-state index in [0.29, 0.717) is 34.2 Å². The molecule has 6 nitrogen and oxygen atoms in total. The first-order chi connectivity index (χ1) is 13.0. The highest BCUT2D eigenvalue weighted by atomic mass is 35.5. The molecule has 0 bridgehead atoms. The number of amides is 1. The summed E-state index contributed by atoms with van der Waals surface area (Å²) in [6.07, 6.45) is 2.26. The number of benzene rings is 2. The third kappa shape index (κ3) is 3.25. The van der Waals surface area contributed by atoms with Gasteiger partial charge in [-0.3, -0.25) is 9.89 Å². The first kappa shape index (κ1) is 17.1. The normalized spacial score (nSPS) is 15.6. The molecule has 0 saturated carbocycles. The molecule has 2 aromatic carbocycles. The number of aromatic nitrogens is 2. The molecule has 1 aliphatic heterocycles. The smallest absolute Gasteiger partial charge is 0.227 e. The van der Waals surface area contributed by atoms with Crippen LogP contribution in [0.25, 0.3) is 11.3 Å². The lowest BCUT2D eigenvalue weighted by Crippen LogP contribution is -2.27. The fourth-order valence-corrected chi connectivity index (χ4v) is 3.27. The lowest BCUT2D eigenvalue weighted by molar-refractivity contribution is -0.119. The summed E-state index contributed by atoms with van der Waals surface area (Å²) >= 11 is 6.20. The molecule has 1 atom stereocenters. The van der Waals surface area contributed by atoms with Gasteiger partial charge in [0.2, 0.25) is 5.91 Å². The van der Waals surface area contributed by atoms with Gasteiger partial charge >= 0.3 is 0 Å². The molecule has 1 aromatic heterocycles. The summed E-state index contributed by atoms with van der Waals surface area (Å²) in [5, 5.41) is 19.2. The van der Waals surface area contributed by atoms with Crippen molar-refractivity contribution in [3.63, 3.8) is 0 Å². The highest BCUT2D eigenvalue weighted by molar-refractivity contribution is 6.32.